The summed E-state index contributed by atoms with van der Waals surface area (Å²) in [4.78, 5) is 4.05. The first-order chi connectivity index (χ1) is 8.36. The topological polar surface area (TPSA) is 78.1 Å². The molecule has 0 aliphatic heterocycles. The van der Waals surface area contributed by atoms with Crippen molar-refractivity contribution in [3.8, 4) is 22.6 Å². The van der Waals surface area contributed by atoms with Gasteiger partial charge >= 0.3 is 0 Å². The second-order valence-corrected chi connectivity index (χ2v) is 3.49. The fourth-order valence-corrected chi connectivity index (χ4v) is 1.67. The molecule has 0 amide bonds. The number of nitrogens with two attached hydrogens (primary N) is 1. The molecule has 0 aliphatic rings. The molecule has 84 valence electrons. The highest BCUT2D eigenvalue weighted by molar-refractivity contribution is 5.84. The normalized spacial score (nSPS) is 10.6. The molecule has 17 heavy (non-hydrogen) atoms. The van der Waals surface area contributed by atoms with Gasteiger partial charge in [0.15, 0.2) is 11.6 Å². The average molecular weight is 227 g/mol. The molecule has 0 bridgehead atoms. The molecular weight excluding hydrogens is 218 g/mol. The van der Waals surface area contributed by atoms with Crippen LogP contribution in [0.2, 0.25) is 0 Å². The summed E-state index contributed by atoms with van der Waals surface area (Å²) in [5.74, 6) is 1.43. The minimum Gasteiger partial charge on any atom is -0.461 e. The van der Waals surface area contributed by atoms with Gasteiger partial charge in [-0.25, -0.2) is 0 Å². The summed E-state index contributed by atoms with van der Waals surface area (Å²) < 4.78 is 10.5. The Morgan fingerprint density at radius 3 is 2.82 bits per heavy atom. The largest absolute Gasteiger partial charge is 0.461 e. The molecule has 5 nitrogen and oxygen atoms in total. The smallest absolute Gasteiger partial charge is 0.212 e. The summed E-state index contributed by atoms with van der Waals surface area (Å²) in [6.07, 6.45) is 4.97. The molecule has 0 unspecified atom stereocenters. The van der Waals surface area contributed by atoms with Crippen LogP contribution in [0.15, 0.2) is 51.9 Å². The Labute approximate surface area is 96.9 Å². The van der Waals surface area contributed by atoms with Gasteiger partial charge in [0.25, 0.3) is 0 Å². The van der Waals surface area contributed by atoms with Gasteiger partial charge < -0.3 is 14.7 Å². The summed E-state index contributed by atoms with van der Waals surface area (Å²) in [6, 6.07) is 7.29. The zero-order valence-corrected chi connectivity index (χ0v) is 8.83. The molecule has 5 heteroatoms. The molecule has 0 aromatic carbocycles. The van der Waals surface area contributed by atoms with Crippen molar-refractivity contribution >= 4 is 5.82 Å². The van der Waals surface area contributed by atoms with Crippen molar-refractivity contribution in [1.82, 2.24) is 10.1 Å². The monoisotopic (exact) mass is 227 g/mol. The van der Waals surface area contributed by atoms with Crippen LogP contribution in [0.1, 0.15) is 0 Å². The number of furan rings is 1. The number of hydrogen-bond donors (Lipinski definition) is 1. The summed E-state index contributed by atoms with van der Waals surface area (Å²) in [5, 5.41) is 3.76. The van der Waals surface area contributed by atoms with Crippen LogP contribution < -0.4 is 5.73 Å². The van der Waals surface area contributed by atoms with E-state index in [1.165, 1.54) is 0 Å². The quantitative estimate of drug-likeness (QED) is 0.727. The van der Waals surface area contributed by atoms with E-state index in [0.717, 1.165) is 5.56 Å². The maximum absolute atomic E-state index is 5.81. The molecule has 0 atom stereocenters. The number of nitrogens with zero attached hydrogens (tertiary/aromatic N) is 2. The zero-order chi connectivity index (χ0) is 11.7. The molecule has 2 N–H and O–H groups in total. The molecule has 0 fully saturated rings. The van der Waals surface area contributed by atoms with Crippen LogP contribution in [0.3, 0.4) is 0 Å². The first-order valence-electron chi connectivity index (χ1n) is 5.05. The van der Waals surface area contributed by atoms with Crippen LogP contribution >= 0.6 is 0 Å². The van der Waals surface area contributed by atoms with Gasteiger partial charge in [-0.1, -0.05) is 11.2 Å². The molecule has 0 aliphatic carbocycles. The lowest BCUT2D eigenvalue weighted by Gasteiger charge is -1.99. The zero-order valence-electron chi connectivity index (χ0n) is 8.83. The standard InChI is InChI=1S/C12H9N3O2/c13-12-10(8-3-1-5-14-7-8)11(17-15-12)9-4-2-6-16-9/h1-7H,(H2,13,15). The fourth-order valence-electron chi connectivity index (χ4n) is 1.67. The van der Waals surface area contributed by atoms with Crippen LogP contribution in [0.25, 0.3) is 22.6 Å². The van der Waals surface area contributed by atoms with Crippen LogP contribution in [0, 0.1) is 0 Å². The fraction of sp³-hybridized carbons (Fsp3) is 0. The second-order valence-electron chi connectivity index (χ2n) is 3.49. The van der Waals surface area contributed by atoms with Gasteiger partial charge in [0, 0.05) is 18.0 Å². The van der Waals surface area contributed by atoms with Crippen molar-refractivity contribution < 1.29 is 8.94 Å². The molecular formula is C12H9N3O2. The number of nitrogen functional groups attached to an aromatic ring is 1. The lowest BCUT2D eigenvalue weighted by Crippen LogP contribution is -1.88. The summed E-state index contributed by atoms with van der Waals surface area (Å²) in [7, 11) is 0. The van der Waals surface area contributed by atoms with E-state index in [9.17, 15) is 0 Å². The summed E-state index contributed by atoms with van der Waals surface area (Å²) in [6.45, 7) is 0. The highest BCUT2D eigenvalue weighted by Crippen LogP contribution is 2.36. The maximum Gasteiger partial charge on any atom is 0.212 e. The Morgan fingerprint density at radius 2 is 2.12 bits per heavy atom. The maximum atomic E-state index is 5.81. The Bertz CT molecular complexity index is 615. The van der Waals surface area contributed by atoms with Crippen LogP contribution in [-0.2, 0) is 0 Å². The highest BCUT2D eigenvalue weighted by Gasteiger charge is 2.19. The van der Waals surface area contributed by atoms with E-state index in [4.69, 9.17) is 14.7 Å². The first kappa shape index (κ1) is 9.65. The third-order valence-corrected chi connectivity index (χ3v) is 2.41. The Kier molecular flexibility index (Phi) is 2.15. The number of pyridine rings is 1. The van der Waals surface area contributed by atoms with Crippen molar-refractivity contribution in [3.63, 3.8) is 0 Å². The van der Waals surface area contributed by atoms with Crippen molar-refractivity contribution in [2.75, 3.05) is 5.73 Å². The molecule has 3 aromatic rings. The van der Waals surface area contributed by atoms with Gasteiger partial charge in [0.2, 0.25) is 5.76 Å². The lowest BCUT2D eigenvalue weighted by atomic mass is 10.1. The van der Waals surface area contributed by atoms with Gasteiger partial charge in [0.05, 0.1) is 11.8 Å². The molecule has 0 saturated carbocycles. The van der Waals surface area contributed by atoms with Crippen molar-refractivity contribution in [3.05, 3.63) is 42.9 Å². The number of anilines is 1. The van der Waals surface area contributed by atoms with E-state index in [1.54, 1.807) is 30.8 Å². The number of aromatic nitrogens is 2. The van der Waals surface area contributed by atoms with Crippen molar-refractivity contribution in [1.29, 1.82) is 0 Å². The predicted molar refractivity (Wildman–Crippen MR) is 61.8 cm³/mol. The minimum absolute atomic E-state index is 0.324. The minimum atomic E-state index is 0.324. The SMILES string of the molecule is Nc1noc(-c2ccco2)c1-c1cccnc1. The average Bonchev–Trinajstić information content (AvgIpc) is 2.98. The summed E-state index contributed by atoms with van der Waals surface area (Å²) in [5.41, 5.74) is 7.35. The van der Waals surface area contributed by atoms with Crippen LogP contribution in [-0.4, -0.2) is 10.1 Å². The third-order valence-electron chi connectivity index (χ3n) is 2.41. The molecule has 0 saturated heterocycles. The first-order valence-corrected chi connectivity index (χ1v) is 5.05. The van der Waals surface area contributed by atoms with E-state index in [-0.39, 0.29) is 0 Å². The number of rotatable bonds is 2. The molecule has 3 heterocycles. The highest BCUT2D eigenvalue weighted by atomic mass is 16.5. The van der Waals surface area contributed by atoms with Gasteiger partial charge in [-0.3, -0.25) is 4.98 Å². The molecule has 3 aromatic heterocycles. The Hall–Kier alpha value is -2.56. The van der Waals surface area contributed by atoms with Gasteiger partial charge in [0.1, 0.15) is 0 Å². The second kappa shape index (κ2) is 3.79. The lowest BCUT2D eigenvalue weighted by molar-refractivity contribution is 0.421. The van der Waals surface area contributed by atoms with Crippen molar-refractivity contribution in [2.24, 2.45) is 0 Å². The predicted octanol–water partition coefficient (Wildman–Crippen LogP) is 2.58. The van der Waals surface area contributed by atoms with Gasteiger partial charge in [-0.2, -0.15) is 0 Å². The van der Waals surface area contributed by atoms with Crippen molar-refractivity contribution in [2.45, 2.75) is 0 Å². The van der Waals surface area contributed by atoms with Gasteiger partial charge in [-0.05, 0) is 18.2 Å². The third kappa shape index (κ3) is 1.57. The van der Waals surface area contributed by atoms with E-state index >= 15 is 0 Å². The molecule has 3 rings (SSSR count). The van der Waals surface area contributed by atoms with E-state index < -0.39 is 0 Å². The number of hydrogen-bond acceptors (Lipinski definition) is 5. The molecule has 0 radical (unpaired) electrons. The van der Waals surface area contributed by atoms with E-state index in [0.29, 0.717) is 22.9 Å². The Morgan fingerprint density at radius 1 is 1.18 bits per heavy atom. The van der Waals surface area contributed by atoms with E-state index in [1.807, 2.05) is 12.1 Å². The van der Waals surface area contributed by atoms with Crippen LogP contribution in [0.4, 0.5) is 5.82 Å². The summed E-state index contributed by atoms with van der Waals surface area (Å²) >= 11 is 0. The van der Waals surface area contributed by atoms with Crippen LogP contribution in [0.5, 0.6) is 0 Å². The molecule has 0 spiro atoms. The Balaban J connectivity index is 2.20. The van der Waals surface area contributed by atoms with Gasteiger partial charge in [-0.15, -0.1) is 0 Å². The van der Waals surface area contributed by atoms with E-state index in [2.05, 4.69) is 10.1 Å².